The Bertz CT molecular complexity index is 1210. The predicted molar refractivity (Wildman–Crippen MR) is 151 cm³/mol. The van der Waals surface area contributed by atoms with Crippen LogP contribution < -0.4 is 10.2 Å². The molecule has 1 saturated heterocycles. The van der Waals surface area contributed by atoms with E-state index in [1.54, 1.807) is 6.08 Å². The molecular weight excluding hydrogens is 506 g/mol. The molecule has 1 heterocycles. The number of hydroxylamine groups is 1. The minimum atomic E-state index is -0.955. The quantitative estimate of drug-likeness (QED) is 0.270. The maximum atomic E-state index is 12.4. The molecule has 1 aliphatic heterocycles. The summed E-state index contributed by atoms with van der Waals surface area (Å²) in [5, 5.41) is 8.92. The van der Waals surface area contributed by atoms with Crippen molar-refractivity contribution in [1.29, 1.82) is 0 Å². The van der Waals surface area contributed by atoms with Gasteiger partial charge in [0, 0.05) is 24.7 Å². The van der Waals surface area contributed by atoms with Crippen LogP contribution in [0.5, 0.6) is 5.75 Å². The number of nitrogens with one attached hydrogen (secondary N) is 1. The van der Waals surface area contributed by atoms with Crippen LogP contribution in [0.4, 0.5) is 0 Å². The van der Waals surface area contributed by atoms with Gasteiger partial charge in [-0.05, 0) is 109 Å². The summed E-state index contributed by atoms with van der Waals surface area (Å²) < 4.78 is 11.9. The summed E-state index contributed by atoms with van der Waals surface area (Å²) in [5.41, 5.74) is 7.02. The molecule has 40 heavy (non-hydrogen) atoms. The van der Waals surface area contributed by atoms with Crippen LogP contribution in [-0.4, -0.2) is 36.5 Å². The molecule has 1 amide bonds. The van der Waals surface area contributed by atoms with Gasteiger partial charge in [0.25, 0.3) is 0 Å². The fourth-order valence-electron chi connectivity index (χ4n) is 7.88. The SMILES string of the molecule is O=C(O)C=Cc1ccc(-c2ccc(OCCC(=O)NOC3CCCCO3)c(C34CC5CC(CC(C5)C3)C4)c2)cc1. The predicted octanol–water partition coefficient (Wildman–Crippen LogP) is 6.26. The number of rotatable bonds is 10. The molecule has 1 atom stereocenters. The van der Waals surface area contributed by atoms with E-state index < -0.39 is 5.97 Å². The molecule has 5 fully saturated rings. The van der Waals surface area contributed by atoms with Gasteiger partial charge in [-0.3, -0.25) is 4.79 Å². The highest BCUT2D eigenvalue weighted by Gasteiger charge is 2.52. The first kappa shape index (κ1) is 27.0. The Hall–Kier alpha value is -3.16. The lowest BCUT2D eigenvalue weighted by Crippen LogP contribution is -2.48. The van der Waals surface area contributed by atoms with Crippen molar-refractivity contribution in [2.45, 2.75) is 75.9 Å². The summed E-state index contributed by atoms with van der Waals surface area (Å²) in [4.78, 5) is 28.7. The Morgan fingerprint density at radius 3 is 2.33 bits per heavy atom. The van der Waals surface area contributed by atoms with Crippen molar-refractivity contribution in [2.75, 3.05) is 13.2 Å². The van der Waals surface area contributed by atoms with E-state index in [9.17, 15) is 9.59 Å². The van der Waals surface area contributed by atoms with E-state index in [0.29, 0.717) is 6.61 Å². The van der Waals surface area contributed by atoms with E-state index >= 15 is 0 Å². The van der Waals surface area contributed by atoms with Crippen molar-refractivity contribution >= 4 is 18.0 Å². The number of amides is 1. The maximum Gasteiger partial charge on any atom is 0.328 e. The Balaban J connectivity index is 1.19. The monoisotopic (exact) mass is 545 g/mol. The summed E-state index contributed by atoms with van der Waals surface area (Å²) in [6.45, 7) is 0.947. The Morgan fingerprint density at radius 2 is 1.68 bits per heavy atom. The van der Waals surface area contributed by atoms with Gasteiger partial charge in [0.1, 0.15) is 5.75 Å². The topological polar surface area (TPSA) is 94.1 Å². The van der Waals surface area contributed by atoms with Gasteiger partial charge in [0.05, 0.1) is 13.0 Å². The van der Waals surface area contributed by atoms with Gasteiger partial charge < -0.3 is 14.6 Å². The molecule has 4 bridgehead atoms. The van der Waals surface area contributed by atoms with Crippen LogP contribution in [0, 0.1) is 17.8 Å². The number of ether oxygens (including phenoxy) is 2. The third-order valence-corrected chi connectivity index (χ3v) is 9.28. The zero-order chi connectivity index (χ0) is 27.5. The highest BCUT2D eigenvalue weighted by molar-refractivity contribution is 5.85. The van der Waals surface area contributed by atoms with E-state index in [0.717, 1.165) is 65.5 Å². The molecule has 7 nitrogen and oxygen atoms in total. The highest BCUT2D eigenvalue weighted by atomic mass is 16.8. The number of carboxylic acid groups (broad SMARTS) is 1. The number of hydrogen-bond acceptors (Lipinski definition) is 5. The summed E-state index contributed by atoms with van der Waals surface area (Å²) in [6, 6.07) is 14.5. The molecule has 0 spiro atoms. The van der Waals surface area contributed by atoms with Gasteiger partial charge in [0.15, 0.2) is 6.29 Å². The van der Waals surface area contributed by atoms with Crippen LogP contribution in [0.1, 0.15) is 75.3 Å². The molecule has 0 aromatic heterocycles. The average Bonchev–Trinajstić information content (AvgIpc) is 2.95. The van der Waals surface area contributed by atoms with Gasteiger partial charge in [-0.1, -0.05) is 30.3 Å². The first-order valence-electron chi connectivity index (χ1n) is 14.8. The summed E-state index contributed by atoms with van der Waals surface area (Å²) in [6.07, 6.45) is 13.2. The molecular formula is C33H39NO6. The van der Waals surface area contributed by atoms with Crippen molar-refractivity contribution in [1.82, 2.24) is 5.48 Å². The summed E-state index contributed by atoms with van der Waals surface area (Å²) in [5.74, 6) is 2.12. The lowest BCUT2D eigenvalue weighted by Gasteiger charge is -2.57. The normalized spacial score (nSPS) is 29.0. The van der Waals surface area contributed by atoms with Crippen LogP contribution in [0.25, 0.3) is 17.2 Å². The van der Waals surface area contributed by atoms with Crippen LogP contribution in [0.2, 0.25) is 0 Å². The van der Waals surface area contributed by atoms with Crippen LogP contribution in [-0.2, 0) is 24.6 Å². The molecule has 2 aromatic rings. The lowest BCUT2D eigenvalue weighted by molar-refractivity contribution is -0.200. The number of carbonyl (C=O) groups is 2. The van der Waals surface area contributed by atoms with Gasteiger partial charge in [-0.25, -0.2) is 15.1 Å². The lowest BCUT2D eigenvalue weighted by atomic mass is 9.48. The number of benzene rings is 2. The van der Waals surface area contributed by atoms with E-state index in [-0.39, 0.29) is 30.6 Å². The first-order valence-corrected chi connectivity index (χ1v) is 14.8. The largest absolute Gasteiger partial charge is 0.493 e. The first-order chi connectivity index (χ1) is 19.5. The second kappa shape index (κ2) is 11.8. The molecule has 7 heteroatoms. The van der Waals surface area contributed by atoms with Gasteiger partial charge >= 0.3 is 5.97 Å². The minimum Gasteiger partial charge on any atom is -0.493 e. The zero-order valence-electron chi connectivity index (χ0n) is 23.0. The van der Waals surface area contributed by atoms with Gasteiger partial charge in [-0.2, -0.15) is 0 Å². The molecule has 2 N–H and O–H groups in total. The molecule has 0 radical (unpaired) electrons. The molecule has 212 valence electrons. The van der Waals surface area contributed by atoms with Gasteiger partial charge in [0.2, 0.25) is 5.91 Å². The second-order valence-corrected chi connectivity index (χ2v) is 12.2. The fourth-order valence-corrected chi connectivity index (χ4v) is 7.88. The number of carbonyl (C=O) groups excluding carboxylic acids is 1. The Labute approximate surface area is 235 Å². The van der Waals surface area contributed by atoms with E-state index in [1.165, 1.54) is 44.1 Å². The number of carboxylic acids is 1. The number of hydrogen-bond donors (Lipinski definition) is 2. The maximum absolute atomic E-state index is 12.4. The van der Waals surface area contributed by atoms with Gasteiger partial charge in [-0.15, -0.1) is 0 Å². The standard InChI is InChI=1S/C33H39NO6/c35-30(34-40-32-3-1-2-13-39-32)12-14-38-29-10-9-27(26-7-4-22(5-8-26)6-11-31(36)37)18-28(29)33-19-23-15-24(20-33)17-25(16-23)21-33/h4-11,18,23-25,32H,1-3,12-17,19-21H2,(H,34,35)(H,36,37). The molecule has 1 unspecified atom stereocenters. The van der Waals surface area contributed by atoms with E-state index in [4.69, 9.17) is 19.4 Å². The fraction of sp³-hybridized carbons (Fsp3) is 0.515. The van der Waals surface area contributed by atoms with Crippen molar-refractivity contribution in [3.63, 3.8) is 0 Å². The van der Waals surface area contributed by atoms with Crippen LogP contribution in [0.3, 0.4) is 0 Å². The van der Waals surface area contributed by atoms with Crippen LogP contribution in [0.15, 0.2) is 48.5 Å². The third kappa shape index (κ3) is 6.11. The average molecular weight is 546 g/mol. The zero-order valence-corrected chi connectivity index (χ0v) is 23.0. The van der Waals surface area contributed by atoms with Crippen molar-refractivity contribution in [3.05, 3.63) is 59.7 Å². The smallest absolute Gasteiger partial charge is 0.328 e. The van der Waals surface area contributed by atoms with E-state index in [1.807, 2.05) is 24.3 Å². The van der Waals surface area contributed by atoms with Crippen molar-refractivity contribution in [3.8, 4) is 16.9 Å². The molecule has 2 aromatic carbocycles. The van der Waals surface area contributed by atoms with Crippen molar-refractivity contribution < 1.29 is 29.0 Å². The number of aliphatic carboxylic acids is 1. The van der Waals surface area contributed by atoms with Crippen molar-refractivity contribution in [2.24, 2.45) is 17.8 Å². The molecule has 4 aliphatic carbocycles. The Morgan fingerprint density at radius 1 is 0.975 bits per heavy atom. The van der Waals surface area contributed by atoms with Crippen LogP contribution >= 0.6 is 0 Å². The minimum absolute atomic E-state index is 0.133. The summed E-state index contributed by atoms with van der Waals surface area (Å²) in [7, 11) is 0. The Kier molecular flexibility index (Phi) is 7.94. The third-order valence-electron chi connectivity index (χ3n) is 9.28. The molecule has 7 rings (SSSR count). The second-order valence-electron chi connectivity index (χ2n) is 12.2. The molecule has 4 saturated carbocycles. The summed E-state index contributed by atoms with van der Waals surface area (Å²) >= 11 is 0. The van der Waals surface area contributed by atoms with E-state index in [2.05, 4.69) is 23.7 Å². The molecule has 5 aliphatic rings. The highest BCUT2D eigenvalue weighted by Crippen LogP contribution is 2.62.